The van der Waals surface area contributed by atoms with Crippen LogP contribution in [0.2, 0.25) is 10.0 Å². The van der Waals surface area contributed by atoms with Crippen molar-refractivity contribution in [1.82, 2.24) is 10.2 Å². The van der Waals surface area contributed by atoms with Crippen LogP contribution >= 0.6 is 35.0 Å². The molecule has 1 atom stereocenters. The number of thioether (sulfide) groups is 1. The molecular formula is C22H26Cl2N2O2S. The molecule has 0 spiro atoms. The molecule has 1 N–H and O–H groups in total. The van der Waals surface area contributed by atoms with Crippen molar-refractivity contribution in [3.05, 3.63) is 64.1 Å². The number of halogens is 2. The summed E-state index contributed by atoms with van der Waals surface area (Å²) in [7, 11) is 0. The van der Waals surface area contributed by atoms with E-state index in [0.717, 1.165) is 10.5 Å². The van der Waals surface area contributed by atoms with Crippen LogP contribution in [0.4, 0.5) is 0 Å². The Bertz CT molecular complexity index is 831. The average molecular weight is 453 g/mol. The Morgan fingerprint density at radius 3 is 2.34 bits per heavy atom. The zero-order valence-electron chi connectivity index (χ0n) is 16.8. The van der Waals surface area contributed by atoms with Gasteiger partial charge in [0.25, 0.3) is 0 Å². The summed E-state index contributed by atoms with van der Waals surface area (Å²) in [5.41, 5.74) is 0.827. The molecule has 0 saturated carbocycles. The minimum atomic E-state index is -0.596. The van der Waals surface area contributed by atoms with Gasteiger partial charge < -0.3 is 10.2 Å². The smallest absolute Gasteiger partial charge is 0.242 e. The number of nitrogens with one attached hydrogen (secondary N) is 1. The normalized spacial score (nSPS) is 11.9. The maximum Gasteiger partial charge on any atom is 0.242 e. The standard InChI is InChI=1S/C22H26Cl2N2O2S/c1-15(2)25-22(28)16(3)26(14-17-9-10-19(23)20(24)13-17)21(27)11-12-29-18-7-5-4-6-8-18/h4-10,13,15-16H,11-12,14H2,1-3H3,(H,25,28)/t16-/m1/s1. The highest BCUT2D eigenvalue weighted by atomic mass is 35.5. The van der Waals surface area contributed by atoms with Gasteiger partial charge in [-0.3, -0.25) is 9.59 Å². The van der Waals surface area contributed by atoms with E-state index in [0.29, 0.717) is 28.8 Å². The van der Waals surface area contributed by atoms with Crippen molar-refractivity contribution < 1.29 is 9.59 Å². The molecule has 29 heavy (non-hydrogen) atoms. The predicted molar refractivity (Wildman–Crippen MR) is 122 cm³/mol. The second-order valence-electron chi connectivity index (χ2n) is 7.02. The molecule has 156 valence electrons. The van der Waals surface area contributed by atoms with E-state index in [9.17, 15) is 9.59 Å². The molecule has 0 aliphatic heterocycles. The zero-order valence-corrected chi connectivity index (χ0v) is 19.2. The highest BCUT2D eigenvalue weighted by Crippen LogP contribution is 2.24. The van der Waals surface area contributed by atoms with Crippen LogP contribution in [0.15, 0.2) is 53.4 Å². The van der Waals surface area contributed by atoms with Crippen molar-refractivity contribution in [2.75, 3.05) is 5.75 Å². The van der Waals surface area contributed by atoms with Gasteiger partial charge in [0, 0.05) is 29.7 Å². The van der Waals surface area contributed by atoms with Crippen LogP contribution in [0.1, 0.15) is 32.8 Å². The average Bonchev–Trinajstić information content (AvgIpc) is 2.68. The summed E-state index contributed by atoms with van der Waals surface area (Å²) in [6.45, 7) is 5.83. The molecule has 0 bridgehead atoms. The third-order valence-electron chi connectivity index (χ3n) is 4.26. The first kappa shape index (κ1) is 23.6. The molecule has 2 rings (SSSR count). The Labute approximate surface area is 187 Å². The molecule has 2 amide bonds. The number of benzene rings is 2. The van der Waals surface area contributed by atoms with Gasteiger partial charge in [-0.1, -0.05) is 47.5 Å². The van der Waals surface area contributed by atoms with Gasteiger partial charge in [0.05, 0.1) is 10.0 Å². The number of amides is 2. The topological polar surface area (TPSA) is 49.4 Å². The first-order valence-electron chi connectivity index (χ1n) is 9.49. The lowest BCUT2D eigenvalue weighted by Gasteiger charge is -2.29. The monoisotopic (exact) mass is 452 g/mol. The van der Waals surface area contributed by atoms with Crippen molar-refractivity contribution >= 4 is 46.8 Å². The fraction of sp³-hybridized carbons (Fsp3) is 0.364. The lowest BCUT2D eigenvalue weighted by atomic mass is 10.1. The number of rotatable bonds is 9. The van der Waals surface area contributed by atoms with E-state index in [2.05, 4.69) is 5.32 Å². The molecule has 2 aromatic rings. The molecule has 0 saturated heterocycles. The summed E-state index contributed by atoms with van der Waals surface area (Å²) in [5, 5.41) is 3.76. The van der Waals surface area contributed by atoms with Gasteiger partial charge in [-0.05, 0) is 50.6 Å². The van der Waals surface area contributed by atoms with Crippen LogP contribution in [-0.4, -0.2) is 34.6 Å². The van der Waals surface area contributed by atoms with Gasteiger partial charge in [0.15, 0.2) is 0 Å². The number of nitrogens with zero attached hydrogens (tertiary/aromatic N) is 1. The van der Waals surface area contributed by atoms with Crippen molar-refractivity contribution in [1.29, 1.82) is 0 Å². The Hall–Kier alpha value is -1.69. The first-order valence-corrected chi connectivity index (χ1v) is 11.2. The molecule has 0 aliphatic carbocycles. The van der Waals surface area contributed by atoms with Crippen LogP contribution in [0.3, 0.4) is 0 Å². The summed E-state index contributed by atoms with van der Waals surface area (Å²) in [6, 6.07) is 14.6. The van der Waals surface area contributed by atoms with Crippen molar-refractivity contribution in [3.8, 4) is 0 Å². The molecule has 0 heterocycles. The van der Waals surface area contributed by atoms with Crippen LogP contribution in [-0.2, 0) is 16.1 Å². The molecule has 4 nitrogen and oxygen atoms in total. The van der Waals surface area contributed by atoms with E-state index < -0.39 is 6.04 Å². The Morgan fingerprint density at radius 1 is 1.03 bits per heavy atom. The number of carbonyl (C=O) groups is 2. The third kappa shape index (κ3) is 7.57. The minimum absolute atomic E-state index is 0.000476. The first-order chi connectivity index (χ1) is 13.8. The van der Waals surface area contributed by atoms with Gasteiger partial charge in [-0.25, -0.2) is 0 Å². The predicted octanol–water partition coefficient (Wildman–Crippen LogP) is 5.42. The quantitative estimate of drug-likeness (QED) is 0.516. The van der Waals surface area contributed by atoms with Crippen LogP contribution in [0.25, 0.3) is 0 Å². The highest BCUT2D eigenvalue weighted by Gasteiger charge is 2.26. The van der Waals surface area contributed by atoms with Gasteiger partial charge in [-0.2, -0.15) is 0 Å². The minimum Gasteiger partial charge on any atom is -0.352 e. The SMILES string of the molecule is CC(C)NC(=O)[C@@H](C)N(Cc1ccc(Cl)c(Cl)c1)C(=O)CCSc1ccccc1. The molecular weight excluding hydrogens is 427 g/mol. The lowest BCUT2D eigenvalue weighted by molar-refractivity contribution is -0.140. The summed E-state index contributed by atoms with van der Waals surface area (Å²) in [6.07, 6.45) is 0.334. The third-order valence-corrected chi connectivity index (χ3v) is 6.02. The van der Waals surface area contributed by atoms with E-state index in [4.69, 9.17) is 23.2 Å². The van der Waals surface area contributed by atoms with E-state index in [-0.39, 0.29) is 17.9 Å². The van der Waals surface area contributed by atoms with Gasteiger partial charge in [-0.15, -0.1) is 11.8 Å². The van der Waals surface area contributed by atoms with E-state index >= 15 is 0 Å². The summed E-state index contributed by atoms with van der Waals surface area (Å²) in [4.78, 5) is 28.3. The fourth-order valence-electron chi connectivity index (χ4n) is 2.74. The number of hydrogen-bond acceptors (Lipinski definition) is 3. The van der Waals surface area contributed by atoms with E-state index in [1.165, 1.54) is 0 Å². The van der Waals surface area contributed by atoms with Gasteiger partial charge in [0.2, 0.25) is 11.8 Å². The Balaban J connectivity index is 2.10. The van der Waals surface area contributed by atoms with Crippen molar-refractivity contribution in [2.24, 2.45) is 0 Å². The van der Waals surface area contributed by atoms with Crippen LogP contribution in [0.5, 0.6) is 0 Å². The maximum absolute atomic E-state index is 13.0. The number of hydrogen-bond donors (Lipinski definition) is 1. The molecule has 0 aromatic heterocycles. The Kier molecular flexibility index (Phi) is 9.34. The Morgan fingerprint density at radius 2 is 1.72 bits per heavy atom. The molecule has 0 fully saturated rings. The van der Waals surface area contributed by atoms with Gasteiger partial charge in [0.1, 0.15) is 6.04 Å². The fourth-order valence-corrected chi connectivity index (χ4v) is 3.92. The van der Waals surface area contributed by atoms with E-state index in [1.54, 1.807) is 35.7 Å². The highest BCUT2D eigenvalue weighted by molar-refractivity contribution is 7.99. The van der Waals surface area contributed by atoms with Crippen molar-refractivity contribution in [2.45, 2.75) is 50.7 Å². The second kappa shape index (κ2) is 11.5. The van der Waals surface area contributed by atoms with Crippen LogP contribution in [0, 0.1) is 0 Å². The molecule has 0 radical (unpaired) electrons. The van der Waals surface area contributed by atoms with E-state index in [1.807, 2.05) is 50.2 Å². The second-order valence-corrected chi connectivity index (χ2v) is 9.00. The summed E-state index contributed by atoms with van der Waals surface area (Å²) >= 11 is 13.7. The van der Waals surface area contributed by atoms with Crippen LogP contribution < -0.4 is 5.32 Å². The molecule has 0 aliphatic rings. The lowest BCUT2D eigenvalue weighted by Crippen LogP contribution is -2.49. The summed E-state index contributed by atoms with van der Waals surface area (Å²) in [5.74, 6) is 0.384. The molecule has 0 unspecified atom stereocenters. The largest absolute Gasteiger partial charge is 0.352 e. The molecule has 7 heteroatoms. The number of carbonyl (C=O) groups excluding carboxylic acids is 2. The maximum atomic E-state index is 13.0. The molecule has 2 aromatic carbocycles. The van der Waals surface area contributed by atoms with Gasteiger partial charge >= 0.3 is 0 Å². The summed E-state index contributed by atoms with van der Waals surface area (Å²) < 4.78 is 0. The zero-order chi connectivity index (χ0) is 21.4. The van der Waals surface area contributed by atoms with Crippen molar-refractivity contribution in [3.63, 3.8) is 0 Å².